The zero-order valence-corrected chi connectivity index (χ0v) is 14.5. The van der Waals surface area contributed by atoms with Gasteiger partial charge >= 0.3 is 0 Å². The highest BCUT2D eigenvalue weighted by Gasteiger charge is 2.27. The molecule has 1 aromatic heterocycles. The number of aromatic nitrogens is 2. The number of fused-ring (bicyclic) bond motifs is 1. The first kappa shape index (κ1) is 16.4. The second kappa shape index (κ2) is 7.07. The summed E-state index contributed by atoms with van der Waals surface area (Å²) in [5.41, 5.74) is 0. The van der Waals surface area contributed by atoms with Gasteiger partial charge in [-0.2, -0.15) is 0 Å². The van der Waals surface area contributed by atoms with Crippen LogP contribution in [0.3, 0.4) is 0 Å². The number of benzene rings is 1. The van der Waals surface area contributed by atoms with Crippen LogP contribution >= 0.6 is 0 Å². The molecule has 1 unspecified atom stereocenters. The first-order valence-electron chi connectivity index (χ1n) is 8.57. The number of amides is 1. The fraction of sp³-hybridized carbons (Fsp3) is 0.389. The van der Waals surface area contributed by atoms with Crippen molar-refractivity contribution in [2.45, 2.75) is 13.0 Å². The van der Waals surface area contributed by atoms with Crippen LogP contribution in [0, 0.1) is 0 Å². The maximum Gasteiger partial charge on any atom is 0.263 e. The minimum atomic E-state index is -0.571. The van der Waals surface area contributed by atoms with Gasteiger partial charge in [0.1, 0.15) is 11.6 Å². The molecule has 26 heavy (non-hydrogen) atoms. The van der Waals surface area contributed by atoms with Crippen molar-refractivity contribution in [2.75, 3.05) is 37.9 Å². The number of ether oxygens (including phenoxy) is 3. The predicted octanol–water partition coefficient (Wildman–Crippen LogP) is 1.32. The molecule has 0 radical (unpaired) electrons. The molecule has 2 aliphatic rings. The third-order valence-corrected chi connectivity index (χ3v) is 4.47. The van der Waals surface area contributed by atoms with Crippen molar-refractivity contribution in [2.24, 2.45) is 0 Å². The monoisotopic (exact) mass is 356 g/mol. The van der Waals surface area contributed by atoms with Gasteiger partial charge in [-0.3, -0.25) is 9.78 Å². The van der Waals surface area contributed by atoms with Gasteiger partial charge in [-0.05, 0) is 19.1 Å². The summed E-state index contributed by atoms with van der Waals surface area (Å²) in [5, 5.41) is 0. The molecule has 0 N–H and O–H groups in total. The number of nitrogens with zero attached hydrogens (tertiary/aromatic N) is 4. The van der Waals surface area contributed by atoms with Crippen LogP contribution in [-0.4, -0.2) is 59.9 Å². The number of rotatable bonds is 4. The molecule has 0 saturated carbocycles. The normalized spacial score (nSPS) is 17.1. The van der Waals surface area contributed by atoms with Gasteiger partial charge in [0.25, 0.3) is 5.91 Å². The van der Waals surface area contributed by atoms with Gasteiger partial charge in [-0.1, -0.05) is 0 Å². The van der Waals surface area contributed by atoms with E-state index in [1.165, 1.54) is 0 Å². The molecule has 2 aromatic rings. The van der Waals surface area contributed by atoms with E-state index in [4.69, 9.17) is 14.2 Å². The van der Waals surface area contributed by atoms with Gasteiger partial charge in [0, 0.05) is 44.6 Å². The number of hydrogen-bond donors (Lipinski definition) is 0. The van der Waals surface area contributed by atoms with Gasteiger partial charge < -0.3 is 24.0 Å². The number of anilines is 1. The molecule has 0 bridgehead atoms. The van der Waals surface area contributed by atoms with Crippen LogP contribution in [0.15, 0.2) is 36.8 Å². The molecule has 3 heterocycles. The SMILES string of the molecule is CC(Oc1ccc2c(c1)OCO2)C(=O)N1CCN(c2cnccn2)CC1. The van der Waals surface area contributed by atoms with Crippen molar-refractivity contribution < 1.29 is 19.0 Å². The standard InChI is InChI=1S/C18H20N4O4/c1-13(26-14-2-3-15-16(10-14)25-12-24-15)18(23)22-8-6-21(7-9-22)17-11-19-4-5-20-17/h2-5,10-11,13H,6-9,12H2,1H3. The Morgan fingerprint density at radius 2 is 1.96 bits per heavy atom. The Labute approximate surface area is 151 Å². The Bertz CT molecular complexity index is 778. The number of piperazine rings is 1. The lowest BCUT2D eigenvalue weighted by atomic mass is 10.2. The lowest BCUT2D eigenvalue weighted by Crippen LogP contribution is -2.52. The highest BCUT2D eigenvalue weighted by molar-refractivity contribution is 5.81. The molecule has 1 amide bonds. The summed E-state index contributed by atoms with van der Waals surface area (Å²) in [6.45, 7) is 4.68. The minimum Gasteiger partial charge on any atom is -0.481 e. The molecule has 1 saturated heterocycles. The van der Waals surface area contributed by atoms with E-state index in [1.54, 1.807) is 43.7 Å². The fourth-order valence-corrected chi connectivity index (χ4v) is 3.07. The molecule has 0 aliphatic carbocycles. The molecular weight excluding hydrogens is 336 g/mol. The molecule has 136 valence electrons. The van der Waals surface area contributed by atoms with Crippen LogP contribution in [0.25, 0.3) is 0 Å². The summed E-state index contributed by atoms with van der Waals surface area (Å²) < 4.78 is 16.4. The highest BCUT2D eigenvalue weighted by atomic mass is 16.7. The Morgan fingerprint density at radius 1 is 1.15 bits per heavy atom. The van der Waals surface area contributed by atoms with Crippen LogP contribution in [0.5, 0.6) is 17.2 Å². The summed E-state index contributed by atoms with van der Waals surface area (Å²) in [7, 11) is 0. The Balaban J connectivity index is 1.33. The average molecular weight is 356 g/mol. The highest BCUT2D eigenvalue weighted by Crippen LogP contribution is 2.35. The lowest BCUT2D eigenvalue weighted by molar-refractivity contribution is -0.138. The molecule has 1 fully saturated rings. The van der Waals surface area contributed by atoms with Crippen molar-refractivity contribution in [1.82, 2.24) is 14.9 Å². The third-order valence-electron chi connectivity index (χ3n) is 4.47. The summed E-state index contributed by atoms with van der Waals surface area (Å²) in [6, 6.07) is 5.32. The zero-order valence-electron chi connectivity index (χ0n) is 14.5. The summed E-state index contributed by atoms with van der Waals surface area (Å²) in [4.78, 5) is 25.0. The van der Waals surface area contributed by atoms with Crippen molar-refractivity contribution in [1.29, 1.82) is 0 Å². The maximum absolute atomic E-state index is 12.7. The molecule has 0 spiro atoms. The average Bonchev–Trinajstić information content (AvgIpc) is 3.16. The number of carbonyl (C=O) groups excluding carboxylic acids is 1. The summed E-state index contributed by atoms with van der Waals surface area (Å²) >= 11 is 0. The fourth-order valence-electron chi connectivity index (χ4n) is 3.07. The maximum atomic E-state index is 12.7. The Hall–Kier alpha value is -3.03. The summed E-state index contributed by atoms with van der Waals surface area (Å²) in [6.07, 6.45) is 4.49. The molecule has 1 atom stereocenters. The quantitative estimate of drug-likeness (QED) is 0.818. The lowest BCUT2D eigenvalue weighted by Gasteiger charge is -2.36. The molecule has 8 heteroatoms. The van der Waals surface area contributed by atoms with E-state index in [1.807, 2.05) is 4.90 Å². The van der Waals surface area contributed by atoms with Crippen LogP contribution in [-0.2, 0) is 4.79 Å². The first-order valence-corrected chi connectivity index (χ1v) is 8.57. The van der Waals surface area contributed by atoms with Crippen molar-refractivity contribution in [3.8, 4) is 17.2 Å². The van der Waals surface area contributed by atoms with Crippen LogP contribution in [0.4, 0.5) is 5.82 Å². The number of hydrogen-bond acceptors (Lipinski definition) is 7. The van der Waals surface area contributed by atoms with E-state index in [9.17, 15) is 4.79 Å². The topological polar surface area (TPSA) is 77.0 Å². The van der Waals surface area contributed by atoms with Gasteiger partial charge in [-0.25, -0.2) is 4.98 Å². The minimum absolute atomic E-state index is 0.0264. The third kappa shape index (κ3) is 3.35. The van der Waals surface area contributed by atoms with E-state index >= 15 is 0 Å². The molecule has 1 aromatic carbocycles. The smallest absolute Gasteiger partial charge is 0.263 e. The van der Waals surface area contributed by atoms with E-state index in [0.29, 0.717) is 30.3 Å². The van der Waals surface area contributed by atoms with Gasteiger partial charge in [0.2, 0.25) is 6.79 Å². The van der Waals surface area contributed by atoms with Gasteiger partial charge in [0.15, 0.2) is 17.6 Å². The van der Waals surface area contributed by atoms with E-state index in [2.05, 4.69) is 14.9 Å². The van der Waals surface area contributed by atoms with Gasteiger partial charge in [-0.15, -0.1) is 0 Å². The van der Waals surface area contributed by atoms with Crippen molar-refractivity contribution in [3.63, 3.8) is 0 Å². The largest absolute Gasteiger partial charge is 0.481 e. The first-order chi connectivity index (χ1) is 12.7. The van der Waals surface area contributed by atoms with Crippen LogP contribution in [0.1, 0.15) is 6.92 Å². The van der Waals surface area contributed by atoms with E-state index in [-0.39, 0.29) is 12.7 Å². The van der Waals surface area contributed by atoms with Crippen LogP contribution in [0.2, 0.25) is 0 Å². The Kier molecular flexibility index (Phi) is 4.47. The van der Waals surface area contributed by atoms with Crippen LogP contribution < -0.4 is 19.1 Å². The molecule has 2 aliphatic heterocycles. The van der Waals surface area contributed by atoms with Gasteiger partial charge in [0.05, 0.1) is 6.20 Å². The van der Waals surface area contributed by atoms with Crippen molar-refractivity contribution in [3.05, 3.63) is 36.8 Å². The number of carbonyl (C=O) groups is 1. The second-order valence-electron chi connectivity index (χ2n) is 6.15. The second-order valence-corrected chi connectivity index (χ2v) is 6.15. The molecular formula is C18H20N4O4. The Morgan fingerprint density at radius 3 is 2.73 bits per heavy atom. The molecule has 8 nitrogen and oxygen atoms in total. The predicted molar refractivity (Wildman–Crippen MR) is 93.5 cm³/mol. The summed E-state index contributed by atoms with van der Waals surface area (Å²) in [5.74, 6) is 2.73. The van der Waals surface area contributed by atoms with Crippen molar-refractivity contribution >= 4 is 11.7 Å². The van der Waals surface area contributed by atoms with E-state index in [0.717, 1.165) is 18.9 Å². The zero-order chi connectivity index (χ0) is 17.9. The molecule has 4 rings (SSSR count). The van der Waals surface area contributed by atoms with E-state index < -0.39 is 6.10 Å².